The molecule has 0 aromatic carbocycles. The Morgan fingerprint density at radius 2 is 2.47 bits per heavy atom. The van der Waals surface area contributed by atoms with E-state index < -0.39 is 6.10 Å². The van der Waals surface area contributed by atoms with Gasteiger partial charge in [0.15, 0.2) is 0 Å². The van der Waals surface area contributed by atoms with Gasteiger partial charge in [0.05, 0.1) is 0 Å². The topological polar surface area (TPSA) is 76.4 Å². The van der Waals surface area contributed by atoms with Crippen LogP contribution in [-0.4, -0.2) is 52.9 Å². The Balaban J connectivity index is 2.16. The predicted molar refractivity (Wildman–Crippen MR) is 62.7 cm³/mol. The average Bonchev–Trinajstić information content (AvgIpc) is 2.78. The second-order valence-electron chi connectivity index (χ2n) is 4.09. The van der Waals surface area contributed by atoms with Gasteiger partial charge < -0.3 is 0 Å². The molecular weight excluding hydrogens is 415 g/mol. The van der Waals surface area contributed by atoms with Crippen molar-refractivity contribution >= 4 is 31.9 Å². The fourth-order valence-corrected chi connectivity index (χ4v) is 2.54. The van der Waals surface area contributed by atoms with Gasteiger partial charge in [0.25, 0.3) is 0 Å². The molecule has 0 amide bonds. The van der Waals surface area contributed by atoms with Crippen molar-refractivity contribution < 1.29 is 9.84 Å². The van der Waals surface area contributed by atoms with E-state index in [9.17, 15) is 9.90 Å². The molecular formula is C10H14N3O3Tl. The quantitative estimate of drug-likeness (QED) is 0.652. The molecule has 0 bridgehead atoms. The van der Waals surface area contributed by atoms with Gasteiger partial charge in [-0.05, 0) is 0 Å². The van der Waals surface area contributed by atoms with Crippen LogP contribution in [0.5, 0.6) is 0 Å². The van der Waals surface area contributed by atoms with Crippen molar-refractivity contribution in [3.05, 3.63) is 22.7 Å². The number of nitrogens with zero attached hydrogens (tertiary/aromatic N) is 2. The minimum absolute atomic E-state index is 0.190. The Morgan fingerprint density at radius 3 is 3.00 bits per heavy atom. The summed E-state index contributed by atoms with van der Waals surface area (Å²) in [5.41, 5.74) is -0.313. The molecule has 1 aliphatic rings. The van der Waals surface area contributed by atoms with Crippen molar-refractivity contribution in [2.75, 3.05) is 3.13 Å². The molecule has 7 heteroatoms. The van der Waals surface area contributed by atoms with E-state index in [0.29, 0.717) is 31.9 Å². The van der Waals surface area contributed by atoms with Crippen LogP contribution in [0, 0.1) is 0 Å². The number of rotatable bonds is 3. The van der Waals surface area contributed by atoms with E-state index >= 15 is 0 Å². The zero-order chi connectivity index (χ0) is 12.4. The summed E-state index contributed by atoms with van der Waals surface area (Å²) in [5.74, 6) is 0.612. The van der Waals surface area contributed by atoms with E-state index in [1.165, 1.54) is 4.57 Å². The monoisotopic (exact) mass is 429 g/mol. The third-order valence-electron chi connectivity index (χ3n) is 2.86. The average molecular weight is 429 g/mol. The molecule has 2 N–H and O–H groups in total. The Hall–Kier alpha value is -0.478. The van der Waals surface area contributed by atoms with Crippen molar-refractivity contribution in [2.24, 2.45) is 0 Å². The third-order valence-corrected chi connectivity index (χ3v) is 4.01. The molecule has 1 aliphatic heterocycles. The maximum absolute atomic E-state index is 11.8. The van der Waals surface area contributed by atoms with Crippen LogP contribution in [-0.2, 0) is 4.74 Å². The Morgan fingerprint density at radius 1 is 1.71 bits per heavy atom. The van der Waals surface area contributed by atoms with Gasteiger partial charge in [0.2, 0.25) is 0 Å². The van der Waals surface area contributed by atoms with E-state index in [2.05, 4.69) is 8.11 Å². The van der Waals surface area contributed by atoms with Gasteiger partial charge in [-0.25, -0.2) is 0 Å². The first kappa shape index (κ1) is 13.0. The van der Waals surface area contributed by atoms with Crippen LogP contribution in [0.3, 0.4) is 0 Å². The molecule has 3 unspecified atom stereocenters. The van der Waals surface area contributed by atoms with Crippen molar-refractivity contribution in [3.63, 3.8) is 0 Å². The minimum atomic E-state index is -0.507. The van der Waals surface area contributed by atoms with Gasteiger partial charge in [0.1, 0.15) is 0 Å². The first-order valence-electron chi connectivity index (χ1n) is 5.51. The first-order valence-corrected chi connectivity index (χ1v) is 7.75. The van der Waals surface area contributed by atoms with Crippen LogP contribution in [0.15, 0.2) is 17.1 Å². The number of hydrogen-bond donors (Lipinski definition) is 2. The number of aromatic nitrogens is 2. The Kier molecular flexibility index (Phi) is 4.15. The Labute approximate surface area is 115 Å². The van der Waals surface area contributed by atoms with Crippen LogP contribution < -0.4 is 8.82 Å². The predicted octanol–water partition coefficient (Wildman–Crippen LogP) is -0.203. The van der Waals surface area contributed by atoms with E-state index in [-0.39, 0.29) is 18.0 Å². The summed E-state index contributed by atoms with van der Waals surface area (Å²) >= 11 is 0.560. The van der Waals surface area contributed by atoms with Gasteiger partial charge in [-0.1, -0.05) is 0 Å². The van der Waals surface area contributed by atoms with Gasteiger partial charge in [-0.2, -0.15) is 0 Å². The van der Waals surface area contributed by atoms with E-state index in [1.54, 1.807) is 19.2 Å². The number of aliphatic hydroxyl groups is 1. The maximum atomic E-state index is 11.8. The standard InChI is InChI=1S/C10H15N3O3.Tl/c1-6(14)7-2-3-9(16-7)13-5-4-8(11)12-10(13)15;/h4-7,9,14H,2-3H2,1H3,(H2,11,12,15);/q;+1/p-1. The van der Waals surface area contributed by atoms with E-state index in [1.807, 2.05) is 0 Å². The molecule has 1 fully saturated rings. The van der Waals surface area contributed by atoms with Gasteiger partial charge in [-0.15, -0.1) is 0 Å². The van der Waals surface area contributed by atoms with Gasteiger partial charge in [0, 0.05) is 0 Å². The molecule has 0 saturated carbocycles. The summed E-state index contributed by atoms with van der Waals surface area (Å²) in [6, 6.07) is 1.76. The number of aliphatic hydroxyl groups excluding tert-OH is 1. The number of hydrogen-bond acceptors (Lipinski definition) is 5. The molecule has 0 radical (unpaired) electrons. The molecule has 2 heterocycles. The summed E-state index contributed by atoms with van der Waals surface area (Å²) in [4.78, 5) is 15.7. The second-order valence-corrected chi connectivity index (χ2v) is 5.22. The van der Waals surface area contributed by atoms with Crippen molar-refractivity contribution in [3.8, 4) is 0 Å². The van der Waals surface area contributed by atoms with E-state index in [4.69, 9.17) is 4.74 Å². The van der Waals surface area contributed by atoms with Gasteiger partial charge >= 0.3 is 115 Å². The fourth-order valence-electron chi connectivity index (χ4n) is 1.92. The van der Waals surface area contributed by atoms with Crippen LogP contribution in [0.1, 0.15) is 26.0 Å². The van der Waals surface area contributed by atoms with Crippen LogP contribution in [0.2, 0.25) is 0 Å². The summed E-state index contributed by atoms with van der Waals surface area (Å²) in [6.45, 7) is 1.70. The normalized spacial score (nSPS) is 25.7. The SMILES string of the molecule is CC(O)C1CCC(n2ccc([NH][Tl])nc2=O)O1. The number of nitrogens with one attached hydrogen (secondary N) is 1. The first-order chi connectivity index (χ1) is 8.11. The molecule has 1 aromatic rings. The molecule has 90 valence electrons. The van der Waals surface area contributed by atoms with Crippen molar-refractivity contribution in [2.45, 2.75) is 38.2 Å². The molecule has 6 nitrogen and oxygen atoms in total. The van der Waals surface area contributed by atoms with Crippen molar-refractivity contribution in [1.82, 2.24) is 9.55 Å². The molecule has 3 atom stereocenters. The Bertz CT molecular complexity index is 449. The number of ether oxygens (including phenoxy) is 1. The molecule has 1 saturated heterocycles. The zero-order valence-electron chi connectivity index (χ0n) is 9.54. The summed E-state index contributed by atoms with van der Waals surface area (Å²) in [7, 11) is 0. The summed E-state index contributed by atoms with van der Waals surface area (Å²) in [6.07, 6.45) is 2.18. The third kappa shape index (κ3) is 2.86. The fraction of sp³-hybridized carbons (Fsp3) is 0.600. The van der Waals surface area contributed by atoms with Crippen LogP contribution >= 0.6 is 0 Å². The molecule has 2 rings (SSSR count). The van der Waals surface area contributed by atoms with Crippen molar-refractivity contribution in [1.29, 1.82) is 0 Å². The second kappa shape index (κ2) is 5.44. The number of anilines is 1. The molecule has 0 aliphatic carbocycles. The van der Waals surface area contributed by atoms with Crippen LogP contribution in [0.4, 0.5) is 5.82 Å². The van der Waals surface area contributed by atoms with Crippen LogP contribution in [0.25, 0.3) is 0 Å². The molecule has 1 aromatic heterocycles. The zero-order valence-corrected chi connectivity index (χ0v) is 14.0. The summed E-state index contributed by atoms with van der Waals surface area (Å²) < 4.78 is 10.1. The molecule has 17 heavy (non-hydrogen) atoms. The summed E-state index contributed by atoms with van der Waals surface area (Å²) in [5, 5.41) is 9.44. The molecule has 0 spiro atoms. The van der Waals surface area contributed by atoms with Gasteiger partial charge in [-0.3, -0.25) is 0 Å². The van der Waals surface area contributed by atoms with E-state index in [0.717, 1.165) is 12.8 Å².